The van der Waals surface area contributed by atoms with Gasteiger partial charge in [0.15, 0.2) is 0 Å². The van der Waals surface area contributed by atoms with Crippen LogP contribution in [0.5, 0.6) is 0 Å². The Kier molecular flexibility index (Phi) is 2.90. The molecule has 0 aromatic rings. The Hall–Kier alpha value is -0.0800. The molecule has 2 heteroatoms. The molecular weight excluding hydrogens is 138 g/mol. The molecule has 1 N–H and O–H groups in total. The van der Waals surface area contributed by atoms with Crippen LogP contribution in [0.1, 0.15) is 27.7 Å². The fourth-order valence-corrected chi connectivity index (χ4v) is 1.53. The first-order valence-electron chi connectivity index (χ1n) is 4.49. The predicted molar refractivity (Wildman–Crippen MR) is 46.6 cm³/mol. The van der Waals surface area contributed by atoms with Crippen molar-refractivity contribution in [3.05, 3.63) is 0 Å². The van der Waals surface area contributed by atoms with Crippen LogP contribution < -0.4 is 5.32 Å². The molecule has 0 bridgehead atoms. The lowest BCUT2D eigenvalue weighted by atomic mass is 9.95. The van der Waals surface area contributed by atoms with Crippen molar-refractivity contribution in [3.8, 4) is 0 Å². The van der Waals surface area contributed by atoms with Crippen LogP contribution in [0.25, 0.3) is 0 Å². The lowest BCUT2D eigenvalue weighted by molar-refractivity contribution is -0.112. The van der Waals surface area contributed by atoms with Crippen LogP contribution in [-0.4, -0.2) is 24.8 Å². The molecule has 66 valence electrons. The molecule has 2 atom stereocenters. The minimum absolute atomic E-state index is 0.442. The maximum atomic E-state index is 5.44. The van der Waals surface area contributed by atoms with Crippen molar-refractivity contribution in [1.29, 1.82) is 0 Å². The summed E-state index contributed by atoms with van der Waals surface area (Å²) in [7, 11) is 0. The van der Waals surface area contributed by atoms with E-state index in [-0.39, 0.29) is 0 Å². The van der Waals surface area contributed by atoms with E-state index in [2.05, 4.69) is 33.0 Å². The first-order valence-corrected chi connectivity index (χ1v) is 4.49. The van der Waals surface area contributed by atoms with Gasteiger partial charge in [0.25, 0.3) is 0 Å². The molecule has 0 aromatic heterocycles. The summed E-state index contributed by atoms with van der Waals surface area (Å²) >= 11 is 0. The third-order valence-electron chi connectivity index (χ3n) is 2.07. The van der Waals surface area contributed by atoms with Crippen LogP contribution in [0.4, 0.5) is 0 Å². The van der Waals surface area contributed by atoms with Crippen molar-refractivity contribution >= 4 is 0 Å². The lowest BCUT2D eigenvalue weighted by Gasteiger charge is -2.41. The number of rotatable bonds is 3. The Bertz CT molecular complexity index is 123. The van der Waals surface area contributed by atoms with Crippen molar-refractivity contribution in [3.63, 3.8) is 0 Å². The van der Waals surface area contributed by atoms with E-state index in [1.54, 1.807) is 0 Å². The van der Waals surface area contributed by atoms with Gasteiger partial charge in [0.2, 0.25) is 0 Å². The molecular formula is C9H19NO. The average Bonchev–Trinajstić information content (AvgIpc) is 1.78. The summed E-state index contributed by atoms with van der Waals surface area (Å²) in [5.74, 6) is 0.639. The Morgan fingerprint density at radius 3 is 2.18 bits per heavy atom. The zero-order valence-corrected chi connectivity index (χ0v) is 7.92. The third kappa shape index (κ3) is 2.17. The van der Waals surface area contributed by atoms with E-state index in [1.165, 1.54) is 0 Å². The van der Waals surface area contributed by atoms with Gasteiger partial charge in [-0.2, -0.15) is 0 Å². The highest BCUT2D eigenvalue weighted by atomic mass is 16.5. The molecule has 11 heavy (non-hydrogen) atoms. The van der Waals surface area contributed by atoms with Gasteiger partial charge in [0.05, 0.1) is 18.8 Å². The van der Waals surface area contributed by atoms with Gasteiger partial charge >= 0.3 is 0 Å². The van der Waals surface area contributed by atoms with E-state index in [0.29, 0.717) is 24.1 Å². The van der Waals surface area contributed by atoms with Crippen molar-refractivity contribution in [2.24, 2.45) is 5.92 Å². The largest absolute Gasteiger partial charge is 0.375 e. The van der Waals surface area contributed by atoms with E-state index in [4.69, 9.17) is 4.74 Å². The van der Waals surface area contributed by atoms with Gasteiger partial charge in [0.1, 0.15) is 0 Å². The average molecular weight is 157 g/mol. The quantitative estimate of drug-likeness (QED) is 0.668. The van der Waals surface area contributed by atoms with Crippen LogP contribution in [0.3, 0.4) is 0 Å². The van der Waals surface area contributed by atoms with E-state index in [1.807, 2.05) is 0 Å². The molecule has 1 heterocycles. The summed E-state index contributed by atoms with van der Waals surface area (Å²) in [6.45, 7) is 9.66. The Labute approximate surface area is 69.3 Å². The number of hydrogen-bond acceptors (Lipinski definition) is 2. The van der Waals surface area contributed by atoms with Gasteiger partial charge in [-0.15, -0.1) is 0 Å². The molecule has 0 radical (unpaired) electrons. The number of ether oxygens (including phenoxy) is 1. The van der Waals surface area contributed by atoms with Gasteiger partial charge in [0, 0.05) is 6.04 Å². The fraction of sp³-hybridized carbons (Fsp3) is 1.00. The van der Waals surface area contributed by atoms with Crippen molar-refractivity contribution in [2.75, 3.05) is 6.61 Å². The molecule has 0 amide bonds. The van der Waals surface area contributed by atoms with E-state index < -0.39 is 0 Å². The Morgan fingerprint density at radius 1 is 1.27 bits per heavy atom. The van der Waals surface area contributed by atoms with Crippen LogP contribution in [0.2, 0.25) is 0 Å². The summed E-state index contributed by atoms with van der Waals surface area (Å²) in [6.07, 6.45) is 0.442. The Balaban J connectivity index is 2.26. The second-order valence-electron chi connectivity index (χ2n) is 3.97. The minimum atomic E-state index is 0.442. The zero-order chi connectivity index (χ0) is 8.43. The highest BCUT2D eigenvalue weighted by Gasteiger charge is 2.34. The summed E-state index contributed by atoms with van der Waals surface area (Å²) in [5.41, 5.74) is 0. The molecule has 0 saturated carbocycles. The van der Waals surface area contributed by atoms with E-state index >= 15 is 0 Å². The first kappa shape index (κ1) is 9.01. The summed E-state index contributed by atoms with van der Waals surface area (Å²) < 4.78 is 5.44. The topological polar surface area (TPSA) is 21.3 Å². The molecule has 0 spiro atoms. The molecule has 1 rings (SSSR count). The van der Waals surface area contributed by atoms with Gasteiger partial charge < -0.3 is 10.1 Å². The molecule has 0 aromatic carbocycles. The standard InChI is InChI=1S/C9H19NO/c1-6(2)9-8(5-11-9)10-7(3)4/h6-10H,5H2,1-4H3. The molecule has 2 unspecified atom stereocenters. The summed E-state index contributed by atoms with van der Waals surface area (Å²) in [4.78, 5) is 0. The zero-order valence-electron chi connectivity index (χ0n) is 7.92. The SMILES string of the molecule is CC(C)NC1COC1C(C)C. The fourth-order valence-electron chi connectivity index (χ4n) is 1.53. The van der Waals surface area contributed by atoms with Gasteiger partial charge in [-0.25, -0.2) is 0 Å². The van der Waals surface area contributed by atoms with E-state index in [9.17, 15) is 0 Å². The third-order valence-corrected chi connectivity index (χ3v) is 2.07. The number of nitrogens with one attached hydrogen (secondary N) is 1. The first-order chi connectivity index (χ1) is 5.11. The van der Waals surface area contributed by atoms with Gasteiger partial charge in [-0.3, -0.25) is 0 Å². The lowest BCUT2D eigenvalue weighted by Crippen LogP contribution is -2.58. The molecule has 1 fully saturated rings. The van der Waals surface area contributed by atoms with Crippen LogP contribution in [0.15, 0.2) is 0 Å². The second kappa shape index (κ2) is 3.55. The molecule has 1 aliphatic heterocycles. The van der Waals surface area contributed by atoms with Crippen LogP contribution in [-0.2, 0) is 4.74 Å². The maximum absolute atomic E-state index is 5.44. The molecule has 1 saturated heterocycles. The summed E-state index contributed by atoms with van der Waals surface area (Å²) in [5, 5.41) is 3.49. The molecule has 0 aliphatic carbocycles. The van der Waals surface area contributed by atoms with E-state index in [0.717, 1.165) is 6.61 Å². The maximum Gasteiger partial charge on any atom is 0.0774 e. The normalized spacial score (nSPS) is 31.1. The summed E-state index contributed by atoms with van der Waals surface area (Å²) in [6, 6.07) is 1.17. The molecule has 2 nitrogen and oxygen atoms in total. The van der Waals surface area contributed by atoms with Crippen molar-refractivity contribution < 1.29 is 4.74 Å². The number of hydrogen-bond donors (Lipinski definition) is 1. The monoisotopic (exact) mass is 157 g/mol. The van der Waals surface area contributed by atoms with Gasteiger partial charge in [-0.1, -0.05) is 27.7 Å². The van der Waals surface area contributed by atoms with Crippen molar-refractivity contribution in [1.82, 2.24) is 5.32 Å². The second-order valence-corrected chi connectivity index (χ2v) is 3.97. The highest BCUT2D eigenvalue weighted by molar-refractivity contribution is 4.88. The van der Waals surface area contributed by atoms with Crippen molar-refractivity contribution in [2.45, 2.75) is 45.9 Å². The predicted octanol–water partition coefficient (Wildman–Crippen LogP) is 1.41. The Morgan fingerprint density at radius 2 is 1.91 bits per heavy atom. The van der Waals surface area contributed by atoms with Crippen LogP contribution in [0, 0.1) is 5.92 Å². The minimum Gasteiger partial charge on any atom is -0.375 e. The highest BCUT2D eigenvalue weighted by Crippen LogP contribution is 2.20. The van der Waals surface area contributed by atoms with Gasteiger partial charge in [-0.05, 0) is 5.92 Å². The smallest absolute Gasteiger partial charge is 0.0774 e. The van der Waals surface area contributed by atoms with Crippen LogP contribution >= 0.6 is 0 Å². The molecule has 1 aliphatic rings.